The number of nitrogens with zero attached hydrogens (tertiary/aromatic N) is 3. The molecule has 10 heteroatoms. The van der Waals surface area contributed by atoms with Crippen molar-refractivity contribution in [2.75, 3.05) is 44.5 Å². The Labute approximate surface area is 217 Å². The molecule has 3 aromatic rings. The molecule has 0 aliphatic rings. The van der Waals surface area contributed by atoms with Gasteiger partial charge in [0.25, 0.3) is 0 Å². The molecule has 36 heavy (non-hydrogen) atoms. The fourth-order valence-electron chi connectivity index (χ4n) is 3.42. The van der Waals surface area contributed by atoms with Gasteiger partial charge in [0.1, 0.15) is 11.8 Å². The molecule has 0 unspecified atom stereocenters. The molecule has 0 bridgehead atoms. The first-order valence-electron chi connectivity index (χ1n) is 11.1. The van der Waals surface area contributed by atoms with Gasteiger partial charge in [0.05, 0.1) is 42.7 Å². The Kier molecular flexibility index (Phi) is 9.39. The van der Waals surface area contributed by atoms with Gasteiger partial charge < -0.3 is 20.1 Å². The highest BCUT2D eigenvalue weighted by Crippen LogP contribution is 2.36. The number of methoxy groups -OCH3 is 1. The lowest BCUT2D eigenvalue weighted by Crippen LogP contribution is -2.27. The van der Waals surface area contributed by atoms with Gasteiger partial charge in [-0.2, -0.15) is 5.26 Å². The normalized spacial score (nSPS) is 10.9. The summed E-state index contributed by atoms with van der Waals surface area (Å²) in [6.45, 7) is 2.58. The van der Waals surface area contributed by atoms with E-state index < -0.39 is 0 Å². The molecule has 0 saturated heterocycles. The SMILES string of the molecule is CCOC(=O)CN(C)CC=CC(=O)Nc1cc2c(Nc3cccc(Br)c3)c(C#N)cnc2cc1OC. The zero-order valence-electron chi connectivity index (χ0n) is 20.2. The van der Waals surface area contributed by atoms with Crippen LogP contribution in [0.3, 0.4) is 0 Å². The van der Waals surface area contributed by atoms with Crippen molar-refractivity contribution in [2.45, 2.75) is 6.92 Å². The number of nitrogens with one attached hydrogen (secondary N) is 2. The maximum Gasteiger partial charge on any atom is 0.320 e. The van der Waals surface area contributed by atoms with Crippen molar-refractivity contribution < 1.29 is 19.1 Å². The summed E-state index contributed by atoms with van der Waals surface area (Å²) in [6, 6.07) is 13.2. The molecule has 0 fully saturated rings. The summed E-state index contributed by atoms with van der Waals surface area (Å²) in [7, 11) is 3.26. The number of rotatable bonds is 10. The summed E-state index contributed by atoms with van der Waals surface area (Å²) < 4.78 is 11.3. The summed E-state index contributed by atoms with van der Waals surface area (Å²) in [4.78, 5) is 30.3. The Morgan fingerprint density at radius 1 is 1.28 bits per heavy atom. The predicted octanol–water partition coefficient (Wildman–Crippen LogP) is 4.61. The molecule has 0 spiro atoms. The van der Waals surface area contributed by atoms with Gasteiger partial charge in [0.15, 0.2) is 0 Å². The second-order valence-corrected chi connectivity index (χ2v) is 8.67. The lowest BCUT2D eigenvalue weighted by Gasteiger charge is -2.15. The quantitative estimate of drug-likeness (QED) is 0.277. The highest BCUT2D eigenvalue weighted by atomic mass is 79.9. The van der Waals surface area contributed by atoms with Gasteiger partial charge in [-0.15, -0.1) is 0 Å². The van der Waals surface area contributed by atoms with E-state index in [4.69, 9.17) is 9.47 Å². The van der Waals surface area contributed by atoms with Crippen molar-refractivity contribution in [1.82, 2.24) is 9.88 Å². The monoisotopic (exact) mass is 551 g/mol. The van der Waals surface area contributed by atoms with Gasteiger partial charge in [-0.1, -0.05) is 28.1 Å². The van der Waals surface area contributed by atoms with Crippen LogP contribution in [0.25, 0.3) is 10.9 Å². The van der Waals surface area contributed by atoms with E-state index in [9.17, 15) is 14.9 Å². The van der Waals surface area contributed by atoms with Crippen molar-refractivity contribution in [3.63, 3.8) is 0 Å². The van der Waals surface area contributed by atoms with Gasteiger partial charge in [-0.25, -0.2) is 0 Å². The van der Waals surface area contributed by atoms with Crippen molar-refractivity contribution in [2.24, 2.45) is 0 Å². The van der Waals surface area contributed by atoms with Crippen LogP contribution in [0, 0.1) is 11.3 Å². The van der Waals surface area contributed by atoms with E-state index in [1.165, 1.54) is 19.4 Å². The number of esters is 1. The number of aromatic nitrogens is 1. The molecular formula is C26H26BrN5O4. The number of benzene rings is 2. The lowest BCUT2D eigenvalue weighted by molar-refractivity contribution is -0.143. The molecule has 3 rings (SSSR count). The molecule has 0 aliphatic carbocycles. The Morgan fingerprint density at radius 2 is 2.08 bits per heavy atom. The van der Waals surface area contributed by atoms with E-state index in [-0.39, 0.29) is 18.4 Å². The highest BCUT2D eigenvalue weighted by Gasteiger charge is 2.15. The Morgan fingerprint density at radius 3 is 2.78 bits per heavy atom. The number of pyridine rings is 1. The standard InChI is InChI=1S/C26H26BrN5O4/c1-4-36-25(34)16-32(2)10-6-9-24(33)31-22-12-20-21(13-23(22)35-3)29-15-17(14-28)26(20)30-19-8-5-7-18(27)11-19/h5-9,11-13,15H,4,10,16H2,1-3H3,(H,29,30)(H,31,33). The van der Waals surface area contributed by atoms with Crippen molar-refractivity contribution in [3.8, 4) is 11.8 Å². The van der Waals surface area contributed by atoms with Crippen LogP contribution in [-0.4, -0.2) is 55.6 Å². The van der Waals surface area contributed by atoms with Crippen LogP contribution in [0.2, 0.25) is 0 Å². The first-order chi connectivity index (χ1) is 17.3. The summed E-state index contributed by atoms with van der Waals surface area (Å²) in [5.74, 6) is -0.270. The Hall–Kier alpha value is -3.94. The van der Waals surface area contributed by atoms with E-state index in [1.807, 2.05) is 24.3 Å². The summed E-state index contributed by atoms with van der Waals surface area (Å²) in [5.41, 5.74) is 2.72. The van der Waals surface area contributed by atoms with E-state index in [1.54, 1.807) is 37.1 Å². The third-order valence-corrected chi connectivity index (χ3v) is 5.55. The van der Waals surface area contributed by atoms with Gasteiger partial charge >= 0.3 is 5.97 Å². The van der Waals surface area contributed by atoms with Crippen LogP contribution in [0.15, 0.2) is 59.2 Å². The van der Waals surface area contributed by atoms with Crippen LogP contribution in [0.1, 0.15) is 12.5 Å². The molecule has 0 atom stereocenters. The molecule has 186 valence electrons. The van der Waals surface area contributed by atoms with Gasteiger partial charge in [-0.05, 0) is 38.2 Å². The minimum Gasteiger partial charge on any atom is -0.494 e. The van der Waals surface area contributed by atoms with Crippen LogP contribution in [0.5, 0.6) is 5.75 Å². The van der Waals surface area contributed by atoms with Gasteiger partial charge in [0.2, 0.25) is 5.91 Å². The minimum absolute atomic E-state index is 0.125. The number of hydrogen-bond donors (Lipinski definition) is 2. The van der Waals surface area contributed by atoms with E-state index in [0.29, 0.717) is 46.7 Å². The van der Waals surface area contributed by atoms with Crippen LogP contribution in [-0.2, 0) is 14.3 Å². The molecule has 0 aliphatic heterocycles. The fraction of sp³-hybridized carbons (Fsp3) is 0.231. The third-order valence-electron chi connectivity index (χ3n) is 5.05. The number of nitriles is 1. The fourth-order valence-corrected chi connectivity index (χ4v) is 3.82. The Balaban J connectivity index is 1.85. The maximum absolute atomic E-state index is 12.6. The van der Waals surface area contributed by atoms with Crippen LogP contribution in [0.4, 0.5) is 17.1 Å². The number of amides is 1. The van der Waals surface area contributed by atoms with Gasteiger partial charge in [-0.3, -0.25) is 19.5 Å². The number of halogens is 1. The third kappa shape index (κ3) is 7.04. The number of carbonyl (C=O) groups is 2. The molecule has 0 radical (unpaired) electrons. The molecule has 1 aromatic heterocycles. The summed E-state index contributed by atoms with van der Waals surface area (Å²) in [6.07, 6.45) is 4.53. The second-order valence-electron chi connectivity index (χ2n) is 7.76. The number of fused-ring (bicyclic) bond motifs is 1. The van der Waals surface area contributed by atoms with Crippen molar-refractivity contribution in [3.05, 3.63) is 64.8 Å². The van der Waals surface area contributed by atoms with E-state index in [0.717, 1.165) is 10.2 Å². The number of hydrogen-bond acceptors (Lipinski definition) is 8. The van der Waals surface area contributed by atoms with Crippen LogP contribution < -0.4 is 15.4 Å². The van der Waals surface area contributed by atoms with Crippen LogP contribution >= 0.6 is 15.9 Å². The zero-order chi connectivity index (χ0) is 26.1. The molecule has 2 aromatic carbocycles. The largest absolute Gasteiger partial charge is 0.494 e. The minimum atomic E-state index is -0.372. The number of carbonyl (C=O) groups excluding carboxylic acids is 2. The van der Waals surface area contributed by atoms with E-state index >= 15 is 0 Å². The topological polar surface area (TPSA) is 117 Å². The van der Waals surface area contributed by atoms with Gasteiger partial charge in [0, 0.05) is 40.4 Å². The number of likely N-dealkylation sites (N-methyl/N-ethyl adjacent to an activating group) is 1. The molecule has 0 saturated carbocycles. The number of ether oxygens (including phenoxy) is 2. The molecule has 2 N–H and O–H groups in total. The Bertz CT molecular complexity index is 1340. The van der Waals surface area contributed by atoms with E-state index in [2.05, 4.69) is 37.6 Å². The average molecular weight is 552 g/mol. The lowest BCUT2D eigenvalue weighted by atomic mass is 10.1. The first kappa shape index (κ1) is 26.7. The van der Waals surface area contributed by atoms with Crippen molar-refractivity contribution in [1.29, 1.82) is 5.26 Å². The van der Waals surface area contributed by atoms with Crippen molar-refractivity contribution >= 4 is 55.8 Å². The predicted molar refractivity (Wildman–Crippen MR) is 142 cm³/mol. The second kappa shape index (κ2) is 12.7. The number of anilines is 3. The average Bonchev–Trinajstić information content (AvgIpc) is 2.84. The smallest absolute Gasteiger partial charge is 0.320 e. The first-order valence-corrected chi connectivity index (χ1v) is 11.9. The summed E-state index contributed by atoms with van der Waals surface area (Å²) in [5, 5.41) is 16.4. The molecule has 1 heterocycles. The maximum atomic E-state index is 12.6. The molecular weight excluding hydrogens is 526 g/mol. The molecule has 1 amide bonds. The summed E-state index contributed by atoms with van der Waals surface area (Å²) >= 11 is 3.45. The zero-order valence-corrected chi connectivity index (χ0v) is 21.8. The highest BCUT2D eigenvalue weighted by molar-refractivity contribution is 9.10. The molecule has 9 nitrogen and oxygen atoms in total.